The maximum atomic E-state index is 4.50. The normalized spacial score (nSPS) is 7.17. The lowest BCUT2D eigenvalue weighted by Gasteiger charge is -1.86. The fourth-order valence-corrected chi connectivity index (χ4v) is 0.500. The molecule has 0 spiro atoms. The molecule has 0 radical (unpaired) electrons. The summed E-state index contributed by atoms with van der Waals surface area (Å²) in [6, 6.07) is 0. The van der Waals surface area contributed by atoms with E-state index in [0.29, 0.717) is 0 Å². The molecule has 0 fully saturated rings. The van der Waals surface area contributed by atoms with E-state index in [2.05, 4.69) is 26.2 Å². The number of allylic oxidation sites excluding steroid dienone is 1. The topological polar surface area (TPSA) is 26.0 Å². The van der Waals surface area contributed by atoms with Gasteiger partial charge in [0.2, 0.25) is 0 Å². The minimum atomic E-state index is 1.17. The summed E-state index contributed by atoms with van der Waals surface area (Å²) in [5, 5.41) is 0. The predicted octanol–water partition coefficient (Wildman–Crippen LogP) is 3.74. The second-order valence-electron chi connectivity index (χ2n) is 2.91. The molecule has 0 rings (SSSR count). The van der Waals surface area contributed by atoms with E-state index in [4.69, 9.17) is 0 Å². The van der Waals surface area contributed by atoms with Gasteiger partial charge in [0, 0.05) is 0 Å². The second kappa shape index (κ2) is 22.4. The van der Waals surface area contributed by atoms with Crippen LogP contribution in [0.3, 0.4) is 0 Å². The second-order valence-corrected chi connectivity index (χ2v) is 2.91. The molecule has 2 N–H and O–H groups in total. The molecule has 0 heterocycles. The summed E-state index contributed by atoms with van der Waals surface area (Å²) in [6.07, 6.45) is 5.54. The van der Waals surface area contributed by atoms with E-state index >= 15 is 0 Å². The van der Waals surface area contributed by atoms with Crippen LogP contribution in [0.1, 0.15) is 53.4 Å². The SMILES string of the molecule is C=C(C)C.CCCCCC.CN. The molecular weight excluding hydrogens is 146 g/mol. The lowest BCUT2D eigenvalue weighted by Crippen LogP contribution is -1.69. The van der Waals surface area contributed by atoms with Crippen molar-refractivity contribution in [1.82, 2.24) is 0 Å². The Balaban J connectivity index is -0.000000118. The van der Waals surface area contributed by atoms with Crippen LogP contribution in [0.4, 0.5) is 0 Å². The van der Waals surface area contributed by atoms with E-state index in [0.717, 1.165) is 0 Å². The zero-order valence-corrected chi connectivity index (χ0v) is 9.61. The van der Waals surface area contributed by atoms with Gasteiger partial charge < -0.3 is 5.73 Å². The highest BCUT2D eigenvalue weighted by Crippen LogP contribution is 1.95. The number of rotatable bonds is 3. The minimum absolute atomic E-state index is 1.17. The Morgan fingerprint density at radius 1 is 1.00 bits per heavy atom. The molecule has 1 heteroatoms. The van der Waals surface area contributed by atoms with Crippen molar-refractivity contribution < 1.29 is 0 Å². The highest BCUT2D eigenvalue weighted by Gasteiger charge is 1.75. The first-order chi connectivity index (χ1) is 5.65. The first kappa shape index (κ1) is 17.7. The van der Waals surface area contributed by atoms with Crippen molar-refractivity contribution in [3.05, 3.63) is 12.2 Å². The molecule has 0 saturated heterocycles. The molecule has 1 nitrogen and oxygen atoms in total. The minimum Gasteiger partial charge on any atom is -0.333 e. The van der Waals surface area contributed by atoms with Crippen molar-refractivity contribution in [3.63, 3.8) is 0 Å². The lowest BCUT2D eigenvalue weighted by atomic mass is 10.2. The average molecular weight is 173 g/mol. The third-order valence-corrected chi connectivity index (χ3v) is 0.957. The maximum Gasteiger partial charge on any atom is -0.0195 e. The van der Waals surface area contributed by atoms with Crippen molar-refractivity contribution >= 4 is 0 Å². The van der Waals surface area contributed by atoms with Gasteiger partial charge in [-0.25, -0.2) is 0 Å². The predicted molar refractivity (Wildman–Crippen MR) is 60.4 cm³/mol. The van der Waals surface area contributed by atoms with Gasteiger partial charge in [0.1, 0.15) is 0 Å². The zero-order valence-electron chi connectivity index (χ0n) is 9.61. The summed E-state index contributed by atoms with van der Waals surface area (Å²) in [4.78, 5) is 0. The molecule has 12 heavy (non-hydrogen) atoms. The van der Waals surface area contributed by atoms with Gasteiger partial charge in [0.25, 0.3) is 0 Å². The van der Waals surface area contributed by atoms with Gasteiger partial charge in [-0.3, -0.25) is 0 Å². The van der Waals surface area contributed by atoms with Crippen molar-refractivity contribution in [3.8, 4) is 0 Å². The smallest absolute Gasteiger partial charge is 0.0195 e. The summed E-state index contributed by atoms with van der Waals surface area (Å²) in [6.45, 7) is 12.0. The highest BCUT2D eigenvalue weighted by molar-refractivity contribution is 4.78. The molecule has 76 valence electrons. The Morgan fingerprint density at radius 2 is 1.17 bits per heavy atom. The van der Waals surface area contributed by atoms with Gasteiger partial charge in [0.15, 0.2) is 0 Å². The van der Waals surface area contributed by atoms with E-state index in [-0.39, 0.29) is 0 Å². The Kier molecular flexibility index (Phi) is 33.1. The Labute approximate surface area is 79.1 Å². The third kappa shape index (κ3) is 101. The third-order valence-electron chi connectivity index (χ3n) is 0.957. The van der Waals surface area contributed by atoms with Crippen LogP contribution >= 0.6 is 0 Å². The van der Waals surface area contributed by atoms with Gasteiger partial charge >= 0.3 is 0 Å². The first-order valence-corrected chi connectivity index (χ1v) is 4.85. The van der Waals surface area contributed by atoms with E-state index < -0.39 is 0 Å². The molecule has 0 saturated carbocycles. The molecule has 0 bridgehead atoms. The van der Waals surface area contributed by atoms with Crippen molar-refractivity contribution in [2.24, 2.45) is 5.73 Å². The number of nitrogens with two attached hydrogens (primary N) is 1. The quantitative estimate of drug-likeness (QED) is 0.510. The monoisotopic (exact) mass is 173 g/mol. The van der Waals surface area contributed by atoms with E-state index in [1.54, 1.807) is 0 Å². The standard InChI is InChI=1S/C6H14.C4H8.CH5N/c1-3-5-6-4-2;1-4(2)3;1-2/h3-6H2,1-2H3;1H2,2-3H3;2H2,1H3. The summed E-state index contributed by atoms with van der Waals surface area (Å²) in [7, 11) is 1.50. The van der Waals surface area contributed by atoms with E-state index in [1.165, 1.54) is 38.3 Å². The molecule has 0 aromatic rings. The molecule has 0 unspecified atom stereocenters. The van der Waals surface area contributed by atoms with Gasteiger partial charge in [-0.05, 0) is 20.9 Å². The van der Waals surface area contributed by atoms with Gasteiger partial charge in [0.05, 0.1) is 0 Å². The number of unbranched alkanes of at least 4 members (excludes halogenated alkanes) is 3. The van der Waals surface area contributed by atoms with Gasteiger partial charge in [-0.1, -0.05) is 45.1 Å². The summed E-state index contributed by atoms with van der Waals surface area (Å²) in [5.74, 6) is 0. The van der Waals surface area contributed by atoms with Crippen LogP contribution in [0.5, 0.6) is 0 Å². The van der Waals surface area contributed by atoms with Crippen molar-refractivity contribution in [2.45, 2.75) is 53.4 Å². The number of hydrogen-bond acceptors (Lipinski definition) is 1. The fourth-order valence-electron chi connectivity index (χ4n) is 0.500. The molecule has 0 aliphatic heterocycles. The first-order valence-electron chi connectivity index (χ1n) is 4.85. The van der Waals surface area contributed by atoms with Crippen LogP contribution < -0.4 is 5.73 Å². The molecule has 0 aromatic heterocycles. The Bertz CT molecular complexity index is 59.4. The van der Waals surface area contributed by atoms with E-state index in [1.807, 2.05) is 13.8 Å². The molecule has 0 amide bonds. The van der Waals surface area contributed by atoms with E-state index in [9.17, 15) is 0 Å². The van der Waals surface area contributed by atoms with Crippen LogP contribution in [0.25, 0.3) is 0 Å². The van der Waals surface area contributed by atoms with Crippen LogP contribution in [0, 0.1) is 0 Å². The van der Waals surface area contributed by atoms with Crippen LogP contribution in [0.15, 0.2) is 12.2 Å². The molecule has 0 aromatic carbocycles. The van der Waals surface area contributed by atoms with Crippen molar-refractivity contribution in [2.75, 3.05) is 7.05 Å². The molecule has 0 atom stereocenters. The summed E-state index contributed by atoms with van der Waals surface area (Å²) < 4.78 is 0. The zero-order chi connectivity index (χ0) is 10.4. The van der Waals surface area contributed by atoms with Crippen LogP contribution in [-0.2, 0) is 0 Å². The maximum absolute atomic E-state index is 4.50. The fraction of sp³-hybridized carbons (Fsp3) is 0.818. The van der Waals surface area contributed by atoms with Crippen molar-refractivity contribution in [1.29, 1.82) is 0 Å². The summed E-state index contributed by atoms with van der Waals surface area (Å²) >= 11 is 0. The average Bonchev–Trinajstić information content (AvgIpc) is 2.04. The molecular formula is C11H27N. The number of hydrogen-bond donors (Lipinski definition) is 1. The van der Waals surface area contributed by atoms with Crippen LogP contribution in [0.2, 0.25) is 0 Å². The molecule has 0 aliphatic carbocycles. The summed E-state index contributed by atoms with van der Waals surface area (Å²) in [5.41, 5.74) is 5.67. The Morgan fingerprint density at radius 3 is 1.25 bits per heavy atom. The van der Waals surface area contributed by atoms with Gasteiger partial charge in [-0.2, -0.15) is 0 Å². The Hall–Kier alpha value is -0.300. The lowest BCUT2D eigenvalue weighted by molar-refractivity contribution is 0.702. The van der Waals surface area contributed by atoms with Crippen LogP contribution in [-0.4, -0.2) is 7.05 Å². The highest BCUT2D eigenvalue weighted by atomic mass is 14.4. The largest absolute Gasteiger partial charge is 0.333 e. The molecule has 0 aliphatic rings. The van der Waals surface area contributed by atoms with Gasteiger partial charge in [-0.15, -0.1) is 6.58 Å².